The van der Waals surface area contributed by atoms with Gasteiger partial charge in [-0.15, -0.1) is 11.3 Å². The molecule has 2 amide bonds. The number of benzene rings is 1. The predicted molar refractivity (Wildman–Crippen MR) is 105 cm³/mol. The SMILES string of the molecule is Cc1csc(C(O)(CC(=O)Nc2ccc(NC(=O)CC(C)C)cc2)C(F)(F)F)n1. The maximum Gasteiger partial charge on any atom is 0.424 e. The second-order valence-electron chi connectivity index (χ2n) is 7.10. The molecule has 29 heavy (non-hydrogen) atoms. The maximum atomic E-state index is 13.5. The highest BCUT2D eigenvalue weighted by atomic mass is 32.1. The molecule has 0 aliphatic heterocycles. The summed E-state index contributed by atoms with van der Waals surface area (Å²) in [7, 11) is 0. The molecule has 2 rings (SSSR count). The molecular weight excluding hydrogens is 407 g/mol. The second-order valence-corrected chi connectivity index (χ2v) is 7.96. The summed E-state index contributed by atoms with van der Waals surface area (Å²) in [6.07, 6.45) is -5.94. The van der Waals surface area contributed by atoms with Gasteiger partial charge < -0.3 is 15.7 Å². The number of hydrogen-bond donors (Lipinski definition) is 3. The summed E-state index contributed by atoms with van der Waals surface area (Å²) in [5.74, 6) is -0.984. The normalized spacial score (nSPS) is 13.8. The van der Waals surface area contributed by atoms with E-state index in [1.165, 1.54) is 36.6 Å². The number of thiazole rings is 1. The quantitative estimate of drug-likeness (QED) is 0.615. The van der Waals surface area contributed by atoms with E-state index < -0.39 is 29.1 Å². The third kappa shape index (κ3) is 6.01. The maximum absolute atomic E-state index is 13.5. The van der Waals surface area contributed by atoms with Crippen molar-refractivity contribution in [3.05, 3.63) is 40.3 Å². The lowest BCUT2D eigenvalue weighted by molar-refractivity contribution is -0.266. The number of halogens is 3. The van der Waals surface area contributed by atoms with Crippen LogP contribution in [0.25, 0.3) is 0 Å². The largest absolute Gasteiger partial charge is 0.424 e. The van der Waals surface area contributed by atoms with Gasteiger partial charge in [-0.05, 0) is 37.1 Å². The number of carbonyl (C=O) groups excluding carboxylic acids is 2. The molecule has 3 N–H and O–H groups in total. The lowest BCUT2D eigenvalue weighted by atomic mass is 9.99. The summed E-state index contributed by atoms with van der Waals surface area (Å²) in [6, 6.07) is 5.94. The Hall–Kier alpha value is -2.46. The van der Waals surface area contributed by atoms with Gasteiger partial charge in [-0.25, -0.2) is 4.98 Å². The molecule has 0 bridgehead atoms. The van der Waals surface area contributed by atoms with E-state index in [0.717, 1.165) is 0 Å². The van der Waals surface area contributed by atoms with Crippen molar-refractivity contribution in [2.75, 3.05) is 10.6 Å². The Kier molecular flexibility index (Phi) is 7.02. The number of aliphatic hydroxyl groups is 1. The molecule has 6 nitrogen and oxygen atoms in total. The Bertz CT molecular complexity index is 866. The Morgan fingerprint density at radius 2 is 1.62 bits per heavy atom. The van der Waals surface area contributed by atoms with Crippen molar-refractivity contribution in [1.29, 1.82) is 0 Å². The van der Waals surface area contributed by atoms with E-state index in [2.05, 4.69) is 15.6 Å². The first-order chi connectivity index (χ1) is 13.4. The van der Waals surface area contributed by atoms with Crippen LogP contribution in [0.15, 0.2) is 29.6 Å². The number of amides is 2. The van der Waals surface area contributed by atoms with Crippen LogP contribution in [-0.4, -0.2) is 28.1 Å². The van der Waals surface area contributed by atoms with E-state index >= 15 is 0 Å². The van der Waals surface area contributed by atoms with E-state index in [1.54, 1.807) is 0 Å². The smallest absolute Gasteiger partial charge is 0.374 e. The first kappa shape index (κ1) is 22.8. The second kappa shape index (κ2) is 8.91. The lowest BCUT2D eigenvalue weighted by Gasteiger charge is -2.27. The molecule has 1 atom stereocenters. The van der Waals surface area contributed by atoms with Crippen LogP contribution in [0.5, 0.6) is 0 Å². The number of alkyl halides is 3. The summed E-state index contributed by atoms with van der Waals surface area (Å²) in [4.78, 5) is 27.6. The summed E-state index contributed by atoms with van der Waals surface area (Å²) < 4.78 is 40.4. The fourth-order valence-corrected chi connectivity index (χ4v) is 3.41. The Morgan fingerprint density at radius 3 is 2.03 bits per heavy atom. The molecule has 0 aliphatic rings. The van der Waals surface area contributed by atoms with Crippen LogP contribution in [0.3, 0.4) is 0 Å². The first-order valence-corrected chi connectivity index (χ1v) is 9.70. The highest BCUT2D eigenvalue weighted by Gasteiger charge is 2.58. The first-order valence-electron chi connectivity index (χ1n) is 8.82. The minimum atomic E-state index is -5.07. The molecule has 0 fully saturated rings. The van der Waals surface area contributed by atoms with Gasteiger partial charge in [0.15, 0.2) is 0 Å². The zero-order chi connectivity index (χ0) is 21.8. The van der Waals surface area contributed by atoms with Gasteiger partial charge in [0.05, 0.1) is 6.42 Å². The Balaban J connectivity index is 2.06. The van der Waals surface area contributed by atoms with Crippen LogP contribution in [-0.2, 0) is 15.2 Å². The zero-order valence-corrected chi connectivity index (χ0v) is 16.9. The molecule has 0 saturated carbocycles. The summed E-state index contributed by atoms with van der Waals surface area (Å²) >= 11 is 0.642. The molecule has 0 radical (unpaired) electrons. The third-order valence-electron chi connectivity index (χ3n) is 3.90. The summed E-state index contributed by atoms with van der Waals surface area (Å²) in [5.41, 5.74) is -2.32. The van der Waals surface area contributed by atoms with Crippen LogP contribution in [0.1, 0.15) is 37.4 Å². The number of nitrogens with zero attached hydrogens (tertiary/aromatic N) is 1. The van der Waals surface area contributed by atoms with Crippen molar-refractivity contribution < 1.29 is 27.9 Å². The van der Waals surface area contributed by atoms with Gasteiger partial charge in [-0.1, -0.05) is 13.8 Å². The van der Waals surface area contributed by atoms with Crippen molar-refractivity contribution in [1.82, 2.24) is 4.98 Å². The van der Waals surface area contributed by atoms with E-state index in [9.17, 15) is 27.9 Å². The number of carbonyl (C=O) groups is 2. The molecule has 0 spiro atoms. The molecule has 1 aromatic heterocycles. The molecule has 1 heterocycles. The number of aromatic nitrogens is 1. The van der Waals surface area contributed by atoms with E-state index in [1.807, 2.05) is 13.8 Å². The topological polar surface area (TPSA) is 91.3 Å². The molecule has 158 valence electrons. The standard InChI is InChI=1S/C19H22F3N3O3S/c1-11(2)8-15(26)24-13-4-6-14(7-5-13)25-16(27)9-18(28,19(20,21)22)17-23-12(3)10-29-17/h4-7,10-11,28H,8-9H2,1-3H3,(H,24,26)(H,25,27). The van der Waals surface area contributed by atoms with Gasteiger partial charge in [0, 0.05) is 28.9 Å². The van der Waals surface area contributed by atoms with Crippen molar-refractivity contribution in [3.63, 3.8) is 0 Å². The van der Waals surface area contributed by atoms with Gasteiger partial charge in [-0.2, -0.15) is 13.2 Å². The van der Waals surface area contributed by atoms with E-state index in [0.29, 0.717) is 29.1 Å². The highest BCUT2D eigenvalue weighted by molar-refractivity contribution is 7.09. The number of nitrogens with one attached hydrogen (secondary N) is 2. The van der Waals surface area contributed by atoms with Crippen molar-refractivity contribution in [2.45, 2.75) is 45.4 Å². The van der Waals surface area contributed by atoms with Gasteiger partial charge in [0.1, 0.15) is 5.01 Å². The number of rotatable bonds is 7. The Labute approximate surface area is 170 Å². The lowest BCUT2D eigenvalue weighted by Crippen LogP contribution is -2.45. The molecule has 1 unspecified atom stereocenters. The average Bonchev–Trinajstić information content (AvgIpc) is 3.01. The third-order valence-corrected chi connectivity index (χ3v) is 5.02. The minimum absolute atomic E-state index is 0.161. The van der Waals surface area contributed by atoms with Crippen LogP contribution >= 0.6 is 11.3 Å². The number of hydrogen-bond acceptors (Lipinski definition) is 5. The van der Waals surface area contributed by atoms with Crippen molar-refractivity contribution in [2.24, 2.45) is 5.92 Å². The van der Waals surface area contributed by atoms with Gasteiger partial charge in [-0.3, -0.25) is 9.59 Å². The molecule has 0 saturated heterocycles. The zero-order valence-electron chi connectivity index (χ0n) is 16.1. The monoisotopic (exact) mass is 429 g/mol. The fraction of sp³-hybridized carbons (Fsp3) is 0.421. The summed E-state index contributed by atoms with van der Waals surface area (Å²) in [6.45, 7) is 5.32. The fourth-order valence-electron chi connectivity index (χ4n) is 2.50. The van der Waals surface area contributed by atoms with Crippen molar-refractivity contribution >= 4 is 34.5 Å². The highest BCUT2D eigenvalue weighted by Crippen LogP contribution is 2.43. The Morgan fingerprint density at radius 1 is 1.10 bits per heavy atom. The van der Waals surface area contributed by atoms with Gasteiger partial charge >= 0.3 is 6.18 Å². The number of anilines is 2. The number of aryl methyl sites for hydroxylation is 1. The van der Waals surface area contributed by atoms with Crippen LogP contribution < -0.4 is 10.6 Å². The summed E-state index contributed by atoms with van der Waals surface area (Å²) in [5, 5.41) is 16.0. The molecule has 10 heteroatoms. The van der Waals surface area contributed by atoms with Crippen LogP contribution in [0.2, 0.25) is 0 Å². The average molecular weight is 429 g/mol. The van der Waals surface area contributed by atoms with Crippen LogP contribution in [0.4, 0.5) is 24.5 Å². The molecule has 2 aromatic rings. The van der Waals surface area contributed by atoms with Gasteiger partial charge in [0.25, 0.3) is 0 Å². The molecule has 1 aromatic carbocycles. The molecule has 0 aliphatic carbocycles. The molecular formula is C19H22F3N3O3S. The van der Waals surface area contributed by atoms with Crippen LogP contribution in [0, 0.1) is 12.8 Å². The predicted octanol–water partition coefficient (Wildman–Crippen LogP) is 4.21. The van der Waals surface area contributed by atoms with Gasteiger partial charge in [0.2, 0.25) is 17.4 Å². The van der Waals surface area contributed by atoms with E-state index in [-0.39, 0.29) is 17.5 Å². The van der Waals surface area contributed by atoms with E-state index in [4.69, 9.17) is 0 Å². The minimum Gasteiger partial charge on any atom is -0.374 e. The van der Waals surface area contributed by atoms with Crippen molar-refractivity contribution in [3.8, 4) is 0 Å².